The third-order valence-electron chi connectivity index (χ3n) is 0.993. The van der Waals surface area contributed by atoms with Gasteiger partial charge in [-0.05, 0) is 6.16 Å². The molecule has 0 bridgehead atoms. The summed E-state index contributed by atoms with van der Waals surface area (Å²) in [5, 5.41) is 0. The quantitative estimate of drug-likeness (QED) is 0.410. The fourth-order valence-corrected chi connectivity index (χ4v) is 0.387. The lowest BCUT2D eigenvalue weighted by Crippen LogP contribution is -2.01. The van der Waals surface area contributed by atoms with Crippen molar-refractivity contribution >= 4 is 20.6 Å². The van der Waals surface area contributed by atoms with Gasteiger partial charge < -0.3 is 5.73 Å². The smallest absolute Gasteiger partial charge is 0.110 e. The molecule has 0 saturated carbocycles. The topological polar surface area (TPSA) is 26.0 Å². The Morgan fingerprint density at radius 1 is 1.86 bits per heavy atom. The van der Waals surface area contributed by atoms with Gasteiger partial charge in [-0.3, -0.25) is 0 Å². The summed E-state index contributed by atoms with van der Waals surface area (Å²) in [7, 11) is 5.59. The predicted molar refractivity (Wildman–Crippen MR) is 39.4 cm³/mol. The summed E-state index contributed by atoms with van der Waals surface area (Å²) >= 11 is 0. The number of hydrogen-bond acceptors (Lipinski definition) is 1. The summed E-state index contributed by atoms with van der Waals surface area (Å²) in [6.45, 7) is 0.645. The predicted octanol–water partition coefficient (Wildman–Crippen LogP) is 0.456. The lowest BCUT2D eigenvalue weighted by molar-refractivity contribution is 1.35. The first-order valence-electron chi connectivity index (χ1n) is 2.32. The van der Waals surface area contributed by atoms with E-state index >= 15 is 0 Å². The normalized spacial score (nSPS) is 18.6. The molecule has 0 spiro atoms. The highest BCUT2D eigenvalue weighted by Crippen LogP contribution is 2.34. The molecule has 0 aromatic heterocycles. The van der Waals surface area contributed by atoms with Gasteiger partial charge in [-0.25, -0.2) is 0 Å². The van der Waals surface area contributed by atoms with Gasteiger partial charge in [-0.1, -0.05) is 6.92 Å². The van der Waals surface area contributed by atoms with Crippen LogP contribution in [0.25, 0.3) is 0 Å². The third kappa shape index (κ3) is 2.96. The summed E-state index contributed by atoms with van der Waals surface area (Å²) in [5.41, 5.74) is 5.28. The van der Waals surface area contributed by atoms with E-state index in [4.69, 9.17) is 13.3 Å². The van der Waals surface area contributed by atoms with Gasteiger partial charge in [0.25, 0.3) is 0 Å². The summed E-state index contributed by atoms with van der Waals surface area (Å²) < 4.78 is 0. The van der Waals surface area contributed by atoms with Crippen molar-refractivity contribution in [3.05, 3.63) is 0 Å². The Kier molecular flexibility index (Phi) is 2.71. The number of hydrogen-bond donors (Lipinski definition) is 1. The van der Waals surface area contributed by atoms with Crippen LogP contribution in [0.5, 0.6) is 0 Å². The Morgan fingerprint density at radius 2 is 2.29 bits per heavy atom. The van der Waals surface area contributed by atoms with Gasteiger partial charge in [-0.15, -0.1) is 13.1 Å². The van der Waals surface area contributed by atoms with Crippen LogP contribution in [0, 0.1) is 0 Å². The molecule has 7 heavy (non-hydrogen) atoms. The second kappa shape index (κ2) is 2.59. The van der Waals surface area contributed by atoms with E-state index in [-0.39, 0.29) is 0 Å². The Labute approximate surface area is 46.6 Å². The minimum Gasteiger partial charge on any atom is -0.327 e. The van der Waals surface area contributed by atoms with Gasteiger partial charge in [0.1, 0.15) is 7.57 Å². The molecular formula is C4H11BNP. The zero-order valence-electron chi connectivity index (χ0n) is 4.72. The summed E-state index contributed by atoms with van der Waals surface area (Å²) in [4.78, 5) is 0. The Balaban J connectivity index is 3.61. The molecule has 0 aliphatic rings. The Morgan fingerprint density at radius 3 is 2.29 bits per heavy atom. The van der Waals surface area contributed by atoms with Gasteiger partial charge in [0.05, 0.1) is 0 Å². The van der Waals surface area contributed by atoms with E-state index in [0.717, 1.165) is 6.16 Å². The molecule has 40 valence electrons. The highest BCUT2D eigenvalue weighted by Gasteiger charge is 1.96. The van der Waals surface area contributed by atoms with Crippen molar-refractivity contribution in [3.63, 3.8) is 0 Å². The van der Waals surface area contributed by atoms with Gasteiger partial charge in [0.2, 0.25) is 0 Å². The molecule has 0 aliphatic carbocycles. The van der Waals surface area contributed by atoms with Gasteiger partial charge in [0.15, 0.2) is 0 Å². The molecule has 1 atom stereocenters. The van der Waals surface area contributed by atoms with E-state index in [1.807, 2.05) is 6.92 Å². The molecule has 0 saturated heterocycles. The maximum Gasteiger partial charge on any atom is 0.110 e. The van der Waals surface area contributed by atoms with Crippen LogP contribution in [-0.2, 0) is 0 Å². The molecule has 3 heteroatoms. The van der Waals surface area contributed by atoms with Crippen LogP contribution in [0.1, 0.15) is 6.92 Å². The van der Waals surface area contributed by atoms with E-state index in [1.165, 1.54) is 0 Å². The van der Waals surface area contributed by atoms with E-state index in [1.54, 1.807) is 0 Å². The van der Waals surface area contributed by atoms with E-state index < -0.39 is 6.76 Å². The maximum atomic E-state index is 5.59. The van der Waals surface area contributed by atoms with Gasteiger partial charge in [0, 0.05) is 6.29 Å². The van der Waals surface area contributed by atoms with Crippen LogP contribution in [0.2, 0.25) is 0 Å². The largest absolute Gasteiger partial charge is 0.327 e. The molecule has 0 rings (SSSR count). The van der Waals surface area contributed by atoms with Crippen molar-refractivity contribution in [2.45, 2.75) is 6.92 Å². The second-order valence-corrected chi connectivity index (χ2v) is 5.15. The monoisotopic (exact) mass is 115 g/mol. The van der Waals surface area contributed by atoms with Crippen LogP contribution in [0.4, 0.5) is 0 Å². The molecule has 0 fully saturated rings. The molecule has 1 nitrogen and oxygen atoms in total. The van der Waals surface area contributed by atoms with E-state index in [2.05, 4.69) is 6.30 Å². The molecule has 0 heterocycles. The average Bonchev–Trinajstić information content (AvgIpc) is 1.68. The average molecular weight is 115 g/mol. The molecule has 0 amide bonds. The van der Waals surface area contributed by atoms with Crippen LogP contribution in [0.15, 0.2) is 0 Å². The summed E-state index contributed by atoms with van der Waals surface area (Å²) in [5.74, 6) is 0. The SMILES string of the molecule is [B]P(=C)(CC)CN. The fraction of sp³-hybridized carbons (Fsp3) is 0.750. The molecule has 2 radical (unpaired) electrons. The molecule has 0 aromatic rings. The van der Waals surface area contributed by atoms with Crippen LogP contribution >= 0.6 is 6.76 Å². The zero-order valence-corrected chi connectivity index (χ0v) is 5.62. The first-order chi connectivity index (χ1) is 3.12. The second-order valence-electron chi connectivity index (χ2n) is 1.72. The lowest BCUT2D eigenvalue weighted by atomic mass is 10.8. The fourth-order valence-electron chi connectivity index (χ4n) is 0.129. The third-order valence-corrected chi connectivity index (χ3v) is 2.98. The summed E-state index contributed by atoms with van der Waals surface area (Å²) in [6.07, 6.45) is 5.29. The van der Waals surface area contributed by atoms with Crippen molar-refractivity contribution in [2.75, 3.05) is 12.4 Å². The molecule has 0 aliphatic heterocycles. The van der Waals surface area contributed by atoms with Crippen LogP contribution in [-0.4, -0.2) is 26.3 Å². The standard InChI is InChI=1S/C4H11BNP/c1-3-7(2,5)4-6/h2-4,6H2,1H3. The van der Waals surface area contributed by atoms with Gasteiger partial charge in [-0.2, -0.15) is 0 Å². The van der Waals surface area contributed by atoms with Crippen LogP contribution < -0.4 is 5.73 Å². The minimum absolute atomic E-state index is 0.573. The first-order valence-corrected chi connectivity index (χ1v) is 4.74. The first kappa shape index (κ1) is 7.32. The zero-order chi connectivity index (χ0) is 5.91. The van der Waals surface area contributed by atoms with Crippen molar-refractivity contribution in [1.82, 2.24) is 0 Å². The van der Waals surface area contributed by atoms with E-state index in [9.17, 15) is 0 Å². The maximum absolute atomic E-state index is 5.59. The molecule has 1 unspecified atom stereocenters. The number of rotatable bonds is 2. The summed E-state index contributed by atoms with van der Waals surface area (Å²) in [6, 6.07) is 0. The lowest BCUT2D eigenvalue weighted by Gasteiger charge is -2.11. The molecule has 0 aromatic carbocycles. The van der Waals surface area contributed by atoms with E-state index in [0.29, 0.717) is 6.29 Å². The Bertz CT molecular complexity index is 83.7. The van der Waals surface area contributed by atoms with Crippen molar-refractivity contribution < 1.29 is 0 Å². The Hall–Kier alpha value is 0.325. The minimum atomic E-state index is -1.38. The molecular weight excluding hydrogens is 104 g/mol. The van der Waals surface area contributed by atoms with Gasteiger partial charge >= 0.3 is 0 Å². The highest BCUT2D eigenvalue weighted by atomic mass is 31.2. The number of nitrogens with two attached hydrogens (primary N) is 1. The van der Waals surface area contributed by atoms with Crippen LogP contribution in [0.3, 0.4) is 0 Å². The van der Waals surface area contributed by atoms with Crippen molar-refractivity contribution in [2.24, 2.45) is 5.73 Å². The molecule has 2 N–H and O–H groups in total. The highest BCUT2D eigenvalue weighted by molar-refractivity contribution is 7.95. The van der Waals surface area contributed by atoms with Crippen molar-refractivity contribution in [1.29, 1.82) is 0 Å². The van der Waals surface area contributed by atoms with Crippen molar-refractivity contribution in [3.8, 4) is 0 Å².